The van der Waals surface area contributed by atoms with Crippen LogP contribution in [0, 0.1) is 0 Å². The van der Waals surface area contributed by atoms with Crippen molar-refractivity contribution in [3.8, 4) is 0 Å². The fraction of sp³-hybridized carbons (Fsp3) is 0.636. The zero-order chi connectivity index (χ0) is 12.5. The van der Waals surface area contributed by atoms with Crippen molar-refractivity contribution in [2.45, 2.75) is 31.3 Å². The third-order valence-electron chi connectivity index (χ3n) is 3.21. The average molecular weight is 237 g/mol. The Morgan fingerprint density at radius 1 is 1.35 bits per heavy atom. The van der Waals surface area contributed by atoms with Crippen LogP contribution in [0.1, 0.15) is 25.7 Å². The van der Waals surface area contributed by atoms with Crippen molar-refractivity contribution in [1.82, 2.24) is 9.97 Å². The summed E-state index contributed by atoms with van der Waals surface area (Å²) < 4.78 is 0. The second-order valence-corrected chi connectivity index (χ2v) is 4.80. The highest BCUT2D eigenvalue weighted by Crippen LogP contribution is 2.31. The Morgan fingerprint density at radius 3 is 2.59 bits per heavy atom. The van der Waals surface area contributed by atoms with Gasteiger partial charge in [-0.1, -0.05) is 12.8 Å². The topological polar surface area (TPSA) is 101 Å². The molecule has 6 heteroatoms. The summed E-state index contributed by atoms with van der Waals surface area (Å²) in [5.41, 5.74) is 10.6. The van der Waals surface area contributed by atoms with Gasteiger partial charge in [-0.2, -0.15) is 9.97 Å². The molecule has 17 heavy (non-hydrogen) atoms. The summed E-state index contributed by atoms with van der Waals surface area (Å²) in [7, 11) is 1.87. The van der Waals surface area contributed by atoms with Gasteiger partial charge in [-0.15, -0.1) is 0 Å². The van der Waals surface area contributed by atoms with E-state index < -0.39 is 5.60 Å². The van der Waals surface area contributed by atoms with Gasteiger partial charge in [0, 0.05) is 19.7 Å². The minimum Gasteiger partial charge on any atom is -0.388 e. The lowest BCUT2D eigenvalue weighted by molar-refractivity contribution is 0.0558. The number of aliphatic hydroxyl groups is 1. The highest BCUT2D eigenvalue weighted by atomic mass is 16.3. The van der Waals surface area contributed by atoms with E-state index in [9.17, 15) is 5.11 Å². The maximum absolute atomic E-state index is 10.3. The van der Waals surface area contributed by atoms with E-state index >= 15 is 0 Å². The van der Waals surface area contributed by atoms with E-state index in [0.717, 1.165) is 25.7 Å². The van der Waals surface area contributed by atoms with E-state index in [-0.39, 0.29) is 5.95 Å². The third-order valence-corrected chi connectivity index (χ3v) is 3.21. The van der Waals surface area contributed by atoms with Gasteiger partial charge in [0.1, 0.15) is 11.6 Å². The van der Waals surface area contributed by atoms with E-state index in [1.807, 2.05) is 11.9 Å². The SMILES string of the molecule is CN(CC1(O)CCCC1)c1cc(N)nc(N)n1. The summed E-state index contributed by atoms with van der Waals surface area (Å²) in [6.45, 7) is 0.545. The summed E-state index contributed by atoms with van der Waals surface area (Å²) in [4.78, 5) is 9.80. The number of rotatable bonds is 3. The molecule has 0 atom stereocenters. The van der Waals surface area contributed by atoms with Gasteiger partial charge in [-0.05, 0) is 12.8 Å². The van der Waals surface area contributed by atoms with Crippen molar-refractivity contribution in [3.63, 3.8) is 0 Å². The summed E-state index contributed by atoms with van der Waals surface area (Å²) in [5, 5.41) is 10.3. The van der Waals surface area contributed by atoms with Gasteiger partial charge in [0.15, 0.2) is 0 Å². The second kappa shape index (κ2) is 4.37. The van der Waals surface area contributed by atoms with Gasteiger partial charge in [0.2, 0.25) is 5.95 Å². The zero-order valence-electron chi connectivity index (χ0n) is 10.1. The quantitative estimate of drug-likeness (QED) is 0.702. The van der Waals surface area contributed by atoms with Crippen LogP contribution in [-0.4, -0.2) is 34.3 Å². The number of aromatic nitrogens is 2. The van der Waals surface area contributed by atoms with Crippen LogP contribution in [0.5, 0.6) is 0 Å². The van der Waals surface area contributed by atoms with Gasteiger partial charge in [0.05, 0.1) is 5.60 Å². The molecule has 0 aliphatic heterocycles. The largest absolute Gasteiger partial charge is 0.388 e. The molecule has 1 fully saturated rings. The molecule has 0 radical (unpaired) electrons. The highest BCUT2D eigenvalue weighted by Gasteiger charge is 2.32. The first-order valence-electron chi connectivity index (χ1n) is 5.82. The lowest BCUT2D eigenvalue weighted by atomic mass is 10.0. The number of nitrogens with zero attached hydrogens (tertiary/aromatic N) is 3. The normalized spacial score (nSPS) is 18.2. The Morgan fingerprint density at radius 2 is 2.00 bits per heavy atom. The molecule has 0 amide bonds. The summed E-state index contributed by atoms with van der Waals surface area (Å²) >= 11 is 0. The second-order valence-electron chi connectivity index (χ2n) is 4.80. The number of hydrogen-bond donors (Lipinski definition) is 3. The molecule has 94 valence electrons. The molecule has 1 aliphatic carbocycles. The standard InChI is InChI=1S/C11H19N5O/c1-16(7-11(17)4-2-3-5-11)9-6-8(12)14-10(13)15-9/h6,17H,2-5,7H2,1H3,(H4,12,13,14,15). The van der Waals surface area contributed by atoms with Crippen LogP contribution in [0.4, 0.5) is 17.6 Å². The molecule has 0 saturated heterocycles. The van der Waals surface area contributed by atoms with Crippen LogP contribution in [0.3, 0.4) is 0 Å². The van der Waals surface area contributed by atoms with Crippen LogP contribution >= 0.6 is 0 Å². The highest BCUT2D eigenvalue weighted by molar-refractivity contribution is 5.50. The lowest BCUT2D eigenvalue weighted by Gasteiger charge is -2.29. The minimum absolute atomic E-state index is 0.158. The van der Waals surface area contributed by atoms with Crippen LogP contribution < -0.4 is 16.4 Å². The van der Waals surface area contributed by atoms with Gasteiger partial charge >= 0.3 is 0 Å². The zero-order valence-corrected chi connectivity index (χ0v) is 10.1. The Bertz CT molecular complexity index is 383. The van der Waals surface area contributed by atoms with Gasteiger partial charge in [-0.25, -0.2) is 0 Å². The van der Waals surface area contributed by atoms with Crippen molar-refractivity contribution in [3.05, 3.63) is 6.07 Å². The first-order valence-corrected chi connectivity index (χ1v) is 5.82. The van der Waals surface area contributed by atoms with Crippen molar-refractivity contribution in [2.24, 2.45) is 0 Å². The summed E-state index contributed by atoms with van der Waals surface area (Å²) in [5.74, 6) is 1.15. The molecule has 5 N–H and O–H groups in total. The summed E-state index contributed by atoms with van der Waals surface area (Å²) in [6, 6.07) is 1.66. The molecule has 0 spiro atoms. The van der Waals surface area contributed by atoms with Gasteiger partial charge < -0.3 is 21.5 Å². The fourth-order valence-electron chi connectivity index (χ4n) is 2.38. The van der Waals surface area contributed by atoms with E-state index in [1.165, 1.54) is 0 Å². The van der Waals surface area contributed by atoms with Gasteiger partial charge in [0.25, 0.3) is 0 Å². The third kappa shape index (κ3) is 2.76. The van der Waals surface area contributed by atoms with E-state index in [1.54, 1.807) is 6.07 Å². The molecule has 0 unspecified atom stereocenters. The fourth-order valence-corrected chi connectivity index (χ4v) is 2.38. The predicted octanol–water partition coefficient (Wildman–Crippen LogP) is 0.382. The number of nitrogen functional groups attached to an aromatic ring is 2. The molecule has 1 heterocycles. The molecule has 1 aromatic heterocycles. The Hall–Kier alpha value is -1.56. The Labute approximate surface area is 101 Å². The van der Waals surface area contributed by atoms with Crippen molar-refractivity contribution >= 4 is 17.6 Å². The number of nitrogens with two attached hydrogens (primary N) is 2. The predicted molar refractivity (Wildman–Crippen MR) is 67.5 cm³/mol. The van der Waals surface area contributed by atoms with Crippen molar-refractivity contribution in [1.29, 1.82) is 0 Å². The number of anilines is 3. The van der Waals surface area contributed by atoms with Crippen molar-refractivity contribution in [2.75, 3.05) is 30.0 Å². The smallest absolute Gasteiger partial charge is 0.223 e. The first kappa shape index (κ1) is 11.9. The van der Waals surface area contributed by atoms with Gasteiger partial charge in [-0.3, -0.25) is 0 Å². The Balaban J connectivity index is 2.11. The molecule has 1 aromatic rings. The molecule has 6 nitrogen and oxygen atoms in total. The minimum atomic E-state index is -0.608. The molecule has 1 saturated carbocycles. The average Bonchev–Trinajstić information content (AvgIpc) is 2.63. The van der Waals surface area contributed by atoms with E-state index in [4.69, 9.17) is 11.5 Å². The molecule has 1 aliphatic rings. The van der Waals surface area contributed by atoms with Crippen LogP contribution in [0.25, 0.3) is 0 Å². The molecule has 2 rings (SSSR count). The van der Waals surface area contributed by atoms with Crippen LogP contribution in [0.2, 0.25) is 0 Å². The van der Waals surface area contributed by atoms with Crippen LogP contribution in [0.15, 0.2) is 6.07 Å². The van der Waals surface area contributed by atoms with Crippen molar-refractivity contribution < 1.29 is 5.11 Å². The number of hydrogen-bond acceptors (Lipinski definition) is 6. The van der Waals surface area contributed by atoms with Crippen LogP contribution in [-0.2, 0) is 0 Å². The van der Waals surface area contributed by atoms with E-state index in [0.29, 0.717) is 18.2 Å². The van der Waals surface area contributed by atoms with E-state index in [2.05, 4.69) is 9.97 Å². The maximum atomic E-state index is 10.3. The Kier molecular flexibility index (Phi) is 3.06. The molecule has 0 bridgehead atoms. The number of likely N-dealkylation sites (N-methyl/N-ethyl adjacent to an activating group) is 1. The lowest BCUT2D eigenvalue weighted by Crippen LogP contribution is -2.39. The molecular weight excluding hydrogens is 218 g/mol. The monoisotopic (exact) mass is 237 g/mol. The molecular formula is C11H19N5O. The first-order chi connectivity index (χ1) is 7.98. The maximum Gasteiger partial charge on any atom is 0.223 e. The molecule has 0 aromatic carbocycles. The summed E-state index contributed by atoms with van der Waals surface area (Å²) in [6.07, 6.45) is 3.84.